The molecule has 1 aromatic carbocycles. The zero-order valence-electron chi connectivity index (χ0n) is 18.4. The molecule has 2 N–H and O–H groups in total. The molecule has 0 radical (unpaired) electrons. The Morgan fingerprint density at radius 3 is 2.41 bits per heavy atom. The fourth-order valence-electron chi connectivity index (χ4n) is 3.54. The lowest BCUT2D eigenvalue weighted by Gasteiger charge is -2.30. The molecular formula is C23H37N3O3. The van der Waals surface area contributed by atoms with Crippen LogP contribution in [0.25, 0.3) is 0 Å². The van der Waals surface area contributed by atoms with Crippen LogP contribution in [0.15, 0.2) is 24.3 Å². The van der Waals surface area contributed by atoms with E-state index in [-0.39, 0.29) is 17.7 Å². The molecule has 6 heteroatoms. The Bertz CT molecular complexity index is 637. The second-order valence-corrected chi connectivity index (χ2v) is 8.32. The van der Waals surface area contributed by atoms with Gasteiger partial charge in [0.05, 0.1) is 6.61 Å². The van der Waals surface area contributed by atoms with E-state index in [9.17, 15) is 9.59 Å². The summed E-state index contributed by atoms with van der Waals surface area (Å²) in [5, 5.41) is 5.87. The number of nitrogens with zero attached hydrogens (tertiary/aromatic N) is 1. The lowest BCUT2D eigenvalue weighted by molar-refractivity contribution is -0.123. The van der Waals surface area contributed by atoms with Gasteiger partial charge in [-0.05, 0) is 81.9 Å². The maximum Gasteiger partial charge on any atom is 0.251 e. The standard InChI is InChI=1S/C23H37N3O3/c1-5-29-20-9-7-19(8-10-20)22(27)25-21(17(2)3)23(28)24-13-6-14-26-15-11-18(4)12-16-26/h7-10,17-18,21H,5-6,11-16H2,1-4H3,(H,24,28)(H,25,27)/t21-/m0/s1. The third-order valence-electron chi connectivity index (χ3n) is 5.49. The van der Waals surface area contributed by atoms with Crippen molar-refractivity contribution in [1.82, 2.24) is 15.5 Å². The molecular weight excluding hydrogens is 366 g/mol. The molecule has 1 aliphatic rings. The van der Waals surface area contributed by atoms with Gasteiger partial charge in [0.1, 0.15) is 11.8 Å². The van der Waals surface area contributed by atoms with Crippen LogP contribution in [0.2, 0.25) is 0 Å². The van der Waals surface area contributed by atoms with E-state index in [0.29, 0.717) is 18.7 Å². The highest BCUT2D eigenvalue weighted by Gasteiger charge is 2.24. The molecule has 1 aromatic rings. The zero-order valence-corrected chi connectivity index (χ0v) is 18.4. The Morgan fingerprint density at radius 1 is 1.17 bits per heavy atom. The number of rotatable bonds is 10. The fraction of sp³-hybridized carbons (Fsp3) is 0.652. The van der Waals surface area contributed by atoms with Crippen molar-refractivity contribution in [3.8, 4) is 5.75 Å². The summed E-state index contributed by atoms with van der Waals surface area (Å²) in [6, 6.07) is 6.42. The first-order valence-electron chi connectivity index (χ1n) is 10.9. The largest absolute Gasteiger partial charge is 0.494 e. The number of ether oxygens (including phenoxy) is 1. The molecule has 0 bridgehead atoms. The number of carbonyl (C=O) groups excluding carboxylic acids is 2. The molecule has 162 valence electrons. The van der Waals surface area contributed by atoms with Crippen molar-refractivity contribution in [1.29, 1.82) is 0 Å². The molecule has 0 saturated carbocycles. The molecule has 1 saturated heterocycles. The smallest absolute Gasteiger partial charge is 0.251 e. The first-order chi connectivity index (χ1) is 13.9. The average Bonchev–Trinajstić information content (AvgIpc) is 2.71. The number of benzene rings is 1. The van der Waals surface area contributed by atoms with E-state index in [0.717, 1.165) is 37.7 Å². The molecule has 1 heterocycles. The van der Waals surface area contributed by atoms with Crippen LogP contribution in [-0.4, -0.2) is 55.5 Å². The summed E-state index contributed by atoms with van der Waals surface area (Å²) in [6.07, 6.45) is 3.45. The van der Waals surface area contributed by atoms with Gasteiger partial charge in [0.2, 0.25) is 5.91 Å². The normalized spacial score (nSPS) is 16.4. The summed E-state index contributed by atoms with van der Waals surface area (Å²) in [4.78, 5) is 27.7. The second-order valence-electron chi connectivity index (χ2n) is 8.32. The summed E-state index contributed by atoms with van der Waals surface area (Å²) < 4.78 is 5.40. The van der Waals surface area contributed by atoms with Crippen molar-refractivity contribution in [2.24, 2.45) is 11.8 Å². The molecule has 1 atom stereocenters. The van der Waals surface area contributed by atoms with Gasteiger partial charge in [0, 0.05) is 12.1 Å². The number of carbonyl (C=O) groups is 2. The Hall–Kier alpha value is -2.08. The van der Waals surface area contributed by atoms with Gasteiger partial charge in [-0.25, -0.2) is 0 Å². The van der Waals surface area contributed by atoms with Crippen molar-refractivity contribution in [3.05, 3.63) is 29.8 Å². The minimum Gasteiger partial charge on any atom is -0.494 e. The van der Waals surface area contributed by atoms with Crippen LogP contribution in [0.3, 0.4) is 0 Å². The predicted molar refractivity (Wildman–Crippen MR) is 116 cm³/mol. The monoisotopic (exact) mass is 403 g/mol. The first-order valence-corrected chi connectivity index (χ1v) is 10.9. The van der Waals surface area contributed by atoms with Crippen LogP contribution < -0.4 is 15.4 Å². The van der Waals surface area contributed by atoms with Gasteiger partial charge >= 0.3 is 0 Å². The van der Waals surface area contributed by atoms with E-state index >= 15 is 0 Å². The molecule has 2 amide bonds. The SMILES string of the molecule is CCOc1ccc(C(=O)N[C@H](C(=O)NCCCN2CCC(C)CC2)C(C)C)cc1. The van der Waals surface area contributed by atoms with Gasteiger partial charge in [-0.1, -0.05) is 20.8 Å². The van der Waals surface area contributed by atoms with Crippen LogP contribution in [0.5, 0.6) is 5.75 Å². The molecule has 6 nitrogen and oxygen atoms in total. The maximum atomic E-state index is 12.6. The van der Waals surface area contributed by atoms with E-state index in [1.54, 1.807) is 24.3 Å². The van der Waals surface area contributed by atoms with Gasteiger partial charge in [-0.2, -0.15) is 0 Å². The van der Waals surface area contributed by atoms with E-state index in [2.05, 4.69) is 22.5 Å². The number of nitrogens with one attached hydrogen (secondary N) is 2. The topological polar surface area (TPSA) is 70.7 Å². The Balaban J connectivity index is 1.78. The molecule has 29 heavy (non-hydrogen) atoms. The van der Waals surface area contributed by atoms with Crippen molar-refractivity contribution >= 4 is 11.8 Å². The number of hydrogen-bond acceptors (Lipinski definition) is 4. The third-order valence-corrected chi connectivity index (χ3v) is 5.49. The molecule has 0 unspecified atom stereocenters. The van der Waals surface area contributed by atoms with Crippen molar-refractivity contribution < 1.29 is 14.3 Å². The molecule has 0 aromatic heterocycles. The fourth-order valence-corrected chi connectivity index (χ4v) is 3.54. The van der Waals surface area contributed by atoms with Crippen LogP contribution in [0.4, 0.5) is 0 Å². The summed E-state index contributed by atoms with van der Waals surface area (Å²) in [7, 11) is 0. The molecule has 0 spiro atoms. The Kier molecular flexibility index (Phi) is 9.45. The van der Waals surface area contributed by atoms with E-state index in [4.69, 9.17) is 4.74 Å². The van der Waals surface area contributed by atoms with Gasteiger partial charge in [-0.15, -0.1) is 0 Å². The number of hydrogen-bond donors (Lipinski definition) is 2. The molecule has 1 aliphatic heterocycles. The zero-order chi connectivity index (χ0) is 21.2. The van der Waals surface area contributed by atoms with E-state index in [1.165, 1.54) is 12.8 Å². The summed E-state index contributed by atoms with van der Waals surface area (Å²) in [6.45, 7) is 12.6. The van der Waals surface area contributed by atoms with Crippen molar-refractivity contribution in [2.45, 2.75) is 53.0 Å². The summed E-state index contributed by atoms with van der Waals surface area (Å²) in [5.74, 6) is 1.20. The number of amides is 2. The van der Waals surface area contributed by atoms with Crippen molar-refractivity contribution in [2.75, 3.05) is 32.8 Å². The van der Waals surface area contributed by atoms with Gasteiger partial charge in [-0.3, -0.25) is 9.59 Å². The quantitative estimate of drug-likeness (QED) is 0.589. The lowest BCUT2D eigenvalue weighted by atomic mass is 9.99. The van der Waals surface area contributed by atoms with E-state index < -0.39 is 6.04 Å². The van der Waals surface area contributed by atoms with Crippen LogP contribution in [-0.2, 0) is 4.79 Å². The minimum absolute atomic E-state index is 0.00484. The molecule has 1 fully saturated rings. The summed E-state index contributed by atoms with van der Waals surface area (Å²) in [5.41, 5.74) is 0.520. The van der Waals surface area contributed by atoms with Gasteiger partial charge in [0.25, 0.3) is 5.91 Å². The summed E-state index contributed by atoms with van der Waals surface area (Å²) >= 11 is 0. The van der Waals surface area contributed by atoms with E-state index in [1.807, 2.05) is 20.8 Å². The Labute approximate surface area is 175 Å². The highest BCUT2D eigenvalue weighted by molar-refractivity contribution is 5.97. The minimum atomic E-state index is -0.551. The van der Waals surface area contributed by atoms with Crippen LogP contribution in [0.1, 0.15) is 57.3 Å². The highest BCUT2D eigenvalue weighted by atomic mass is 16.5. The maximum absolute atomic E-state index is 12.6. The average molecular weight is 404 g/mol. The number of likely N-dealkylation sites (tertiary alicyclic amines) is 1. The first kappa shape index (κ1) is 23.2. The van der Waals surface area contributed by atoms with Crippen LogP contribution >= 0.6 is 0 Å². The Morgan fingerprint density at radius 2 is 1.83 bits per heavy atom. The lowest BCUT2D eigenvalue weighted by Crippen LogP contribution is -2.50. The van der Waals surface area contributed by atoms with Crippen molar-refractivity contribution in [3.63, 3.8) is 0 Å². The highest BCUT2D eigenvalue weighted by Crippen LogP contribution is 2.16. The predicted octanol–water partition coefficient (Wildman–Crippen LogP) is 3.08. The second kappa shape index (κ2) is 11.8. The number of piperidine rings is 1. The van der Waals surface area contributed by atoms with Gasteiger partial charge in [0.15, 0.2) is 0 Å². The molecule has 2 rings (SSSR count). The van der Waals surface area contributed by atoms with Gasteiger partial charge < -0.3 is 20.3 Å². The van der Waals surface area contributed by atoms with Crippen LogP contribution in [0, 0.1) is 11.8 Å². The molecule has 0 aliphatic carbocycles. The third kappa shape index (κ3) is 7.69.